The summed E-state index contributed by atoms with van der Waals surface area (Å²) in [7, 11) is 0. The smallest absolute Gasteiger partial charge is 0.165 e. The minimum atomic E-state index is 0.403. The number of alkyl halides is 1. The molecule has 84 valence electrons. The van der Waals surface area contributed by atoms with Crippen LogP contribution in [0.4, 0.5) is 0 Å². The highest BCUT2D eigenvalue weighted by atomic mass is 35.5. The van der Waals surface area contributed by atoms with Crippen LogP contribution in [0, 0.1) is 0 Å². The third-order valence-corrected chi connectivity index (χ3v) is 2.46. The minimum absolute atomic E-state index is 0.403. The number of aryl methyl sites for hydroxylation is 1. The van der Waals surface area contributed by atoms with Gasteiger partial charge in [0.25, 0.3) is 0 Å². The molecule has 0 unspecified atom stereocenters. The van der Waals surface area contributed by atoms with Crippen LogP contribution in [0.5, 0.6) is 11.5 Å². The zero-order chi connectivity index (χ0) is 11.4. The van der Waals surface area contributed by atoms with E-state index in [4.69, 9.17) is 16.3 Å². The van der Waals surface area contributed by atoms with Gasteiger partial charge in [0.2, 0.25) is 0 Å². The number of halogens is 1. The first-order valence-corrected chi connectivity index (χ1v) is 5.56. The maximum Gasteiger partial charge on any atom is 0.165 e. The number of hydrogen-bond acceptors (Lipinski definition) is 3. The molecule has 0 bridgehead atoms. The molecular weight excluding hydrogens is 226 g/mol. The van der Waals surface area contributed by atoms with E-state index < -0.39 is 0 Å². The highest BCUT2D eigenvalue weighted by Gasteiger charge is 2.05. The van der Waals surface area contributed by atoms with Crippen molar-refractivity contribution in [3.8, 4) is 11.5 Å². The van der Waals surface area contributed by atoms with Gasteiger partial charge in [-0.15, -0.1) is 11.6 Å². The van der Waals surface area contributed by atoms with Crippen molar-refractivity contribution in [2.75, 3.05) is 0 Å². The normalized spacial score (nSPS) is 10.4. The Balaban J connectivity index is 2.19. The summed E-state index contributed by atoms with van der Waals surface area (Å²) < 4.78 is 7.45. The molecule has 2 aromatic rings. The molecule has 0 N–H and O–H groups in total. The van der Waals surface area contributed by atoms with Gasteiger partial charge in [0, 0.05) is 18.3 Å². The van der Waals surface area contributed by atoms with Crippen molar-refractivity contribution in [2.45, 2.75) is 19.3 Å². The Hall–Kier alpha value is -1.55. The maximum absolute atomic E-state index is 5.80. The van der Waals surface area contributed by atoms with E-state index in [1.54, 1.807) is 23.3 Å². The zero-order valence-corrected chi connectivity index (χ0v) is 9.68. The number of pyridine rings is 1. The lowest BCUT2D eigenvalue weighted by Gasteiger charge is -2.05. The predicted octanol–water partition coefficient (Wildman–Crippen LogP) is 2.83. The van der Waals surface area contributed by atoms with Crippen molar-refractivity contribution in [2.24, 2.45) is 0 Å². The maximum atomic E-state index is 5.80. The van der Waals surface area contributed by atoms with Crippen LogP contribution in [0.3, 0.4) is 0 Å². The van der Waals surface area contributed by atoms with E-state index in [1.165, 1.54) is 0 Å². The Labute approximate surface area is 98.8 Å². The molecule has 0 aromatic carbocycles. The molecule has 0 spiro atoms. The van der Waals surface area contributed by atoms with Crippen molar-refractivity contribution in [1.82, 2.24) is 14.8 Å². The summed E-state index contributed by atoms with van der Waals surface area (Å²) in [6.45, 7) is 2.84. The van der Waals surface area contributed by atoms with Crippen LogP contribution in [0.15, 0.2) is 30.9 Å². The topological polar surface area (TPSA) is 39.9 Å². The molecule has 0 aliphatic rings. The summed E-state index contributed by atoms with van der Waals surface area (Å²) in [4.78, 5) is 4.01. The number of hydrogen-bond donors (Lipinski definition) is 0. The Morgan fingerprint density at radius 3 is 3.00 bits per heavy atom. The SMILES string of the molecule is CCn1cc(Oc2cnccc2CCl)cn1. The van der Waals surface area contributed by atoms with E-state index in [-0.39, 0.29) is 0 Å². The van der Waals surface area contributed by atoms with Crippen LogP contribution in [0.1, 0.15) is 12.5 Å². The lowest BCUT2D eigenvalue weighted by Crippen LogP contribution is -1.92. The molecule has 2 rings (SSSR count). The van der Waals surface area contributed by atoms with Gasteiger partial charge < -0.3 is 4.74 Å². The highest BCUT2D eigenvalue weighted by molar-refractivity contribution is 6.17. The lowest BCUT2D eigenvalue weighted by molar-refractivity contribution is 0.474. The van der Waals surface area contributed by atoms with E-state index in [0.717, 1.165) is 12.1 Å². The first-order valence-electron chi connectivity index (χ1n) is 5.02. The van der Waals surface area contributed by atoms with Crippen molar-refractivity contribution in [3.05, 3.63) is 36.4 Å². The van der Waals surface area contributed by atoms with Gasteiger partial charge in [-0.1, -0.05) is 0 Å². The van der Waals surface area contributed by atoms with Crippen LogP contribution < -0.4 is 4.74 Å². The molecule has 0 amide bonds. The third kappa shape index (κ3) is 2.33. The number of nitrogens with zero attached hydrogens (tertiary/aromatic N) is 3. The van der Waals surface area contributed by atoms with Crippen LogP contribution >= 0.6 is 11.6 Å². The molecule has 2 aromatic heterocycles. The highest BCUT2D eigenvalue weighted by Crippen LogP contribution is 2.24. The molecule has 0 aliphatic heterocycles. The van der Waals surface area contributed by atoms with Gasteiger partial charge in [-0.05, 0) is 13.0 Å². The molecule has 0 radical (unpaired) electrons. The summed E-state index contributed by atoms with van der Waals surface area (Å²) in [5, 5.41) is 4.12. The molecule has 0 saturated carbocycles. The Bertz CT molecular complexity index is 470. The van der Waals surface area contributed by atoms with Gasteiger partial charge in [0.05, 0.1) is 24.5 Å². The van der Waals surface area contributed by atoms with Crippen molar-refractivity contribution < 1.29 is 4.74 Å². The molecule has 16 heavy (non-hydrogen) atoms. The van der Waals surface area contributed by atoms with Gasteiger partial charge in [-0.2, -0.15) is 5.10 Å². The molecule has 4 nitrogen and oxygen atoms in total. The fourth-order valence-electron chi connectivity index (χ4n) is 1.31. The minimum Gasteiger partial charge on any atom is -0.452 e. The van der Waals surface area contributed by atoms with Crippen molar-refractivity contribution >= 4 is 11.6 Å². The monoisotopic (exact) mass is 237 g/mol. The second-order valence-electron chi connectivity index (χ2n) is 3.25. The fraction of sp³-hybridized carbons (Fsp3) is 0.273. The summed E-state index contributed by atoms with van der Waals surface area (Å²) in [5.74, 6) is 1.77. The second-order valence-corrected chi connectivity index (χ2v) is 3.52. The average molecular weight is 238 g/mol. The summed E-state index contributed by atoms with van der Waals surface area (Å²) in [6.07, 6.45) is 6.86. The standard InChI is InChI=1S/C11H12ClN3O/c1-2-15-8-10(6-14-15)16-11-7-13-4-3-9(11)5-12/h3-4,6-8H,2,5H2,1H3. The number of ether oxygens (including phenoxy) is 1. The van der Waals surface area contributed by atoms with Gasteiger partial charge >= 0.3 is 0 Å². The number of rotatable bonds is 4. The van der Waals surface area contributed by atoms with Crippen molar-refractivity contribution in [1.29, 1.82) is 0 Å². The Morgan fingerprint density at radius 2 is 2.31 bits per heavy atom. The first-order chi connectivity index (χ1) is 7.83. The van der Waals surface area contributed by atoms with E-state index >= 15 is 0 Å². The van der Waals surface area contributed by atoms with Gasteiger partial charge in [0.15, 0.2) is 5.75 Å². The van der Waals surface area contributed by atoms with Gasteiger partial charge in [-0.3, -0.25) is 9.67 Å². The van der Waals surface area contributed by atoms with Crippen molar-refractivity contribution in [3.63, 3.8) is 0 Å². The zero-order valence-electron chi connectivity index (χ0n) is 8.93. The molecular formula is C11H12ClN3O. The average Bonchev–Trinajstić information content (AvgIpc) is 2.77. The van der Waals surface area contributed by atoms with Crippen LogP contribution in [0.25, 0.3) is 0 Å². The molecule has 5 heteroatoms. The third-order valence-electron chi connectivity index (χ3n) is 2.18. The van der Waals surface area contributed by atoms with Crippen LogP contribution in [-0.4, -0.2) is 14.8 Å². The second kappa shape index (κ2) is 4.99. The summed E-state index contributed by atoms with van der Waals surface area (Å²) >= 11 is 5.80. The fourth-order valence-corrected chi connectivity index (χ4v) is 1.53. The summed E-state index contributed by atoms with van der Waals surface area (Å²) in [5.41, 5.74) is 0.918. The predicted molar refractivity (Wildman–Crippen MR) is 61.8 cm³/mol. The van der Waals surface area contributed by atoms with E-state index in [0.29, 0.717) is 17.4 Å². The van der Waals surface area contributed by atoms with Crippen LogP contribution in [0.2, 0.25) is 0 Å². The van der Waals surface area contributed by atoms with E-state index in [9.17, 15) is 0 Å². The van der Waals surface area contributed by atoms with E-state index in [2.05, 4.69) is 10.1 Å². The molecule has 0 atom stereocenters. The Morgan fingerprint density at radius 1 is 1.44 bits per heavy atom. The van der Waals surface area contributed by atoms with Crippen LogP contribution in [-0.2, 0) is 12.4 Å². The van der Waals surface area contributed by atoms with Gasteiger partial charge in [0.1, 0.15) is 5.75 Å². The molecule has 2 heterocycles. The number of aromatic nitrogens is 3. The Kier molecular flexibility index (Phi) is 3.41. The largest absolute Gasteiger partial charge is 0.452 e. The van der Waals surface area contributed by atoms with Gasteiger partial charge in [-0.25, -0.2) is 0 Å². The lowest BCUT2D eigenvalue weighted by atomic mass is 10.3. The molecule has 0 aliphatic carbocycles. The van der Waals surface area contributed by atoms with E-state index in [1.807, 2.05) is 19.2 Å². The molecule has 0 saturated heterocycles. The molecule has 0 fully saturated rings. The quantitative estimate of drug-likeness (QED) is 0.768. The summed E-state index contributed by atoms with van der Waals surface area (Å²) in [6, 6.07) is 1.84. The first kappa shape index (κ1) is 11.0.